The lowest BCUT2D eigenvalue weighted by Crippen LogP contribution is -2.31. The van der Waals surface area contributed by atoms with Crippen LogP contribution in [0.5, 0.6) is 0 Å². The molecule has 6 heteroatoms. The summed E-state index contributed by atoms with van der Waals surface area (Å²) >= 11 is 1.46. The molecule has 4 nitrogen and oxygen atoms in total. The van der Waals surface area contributed by atoms with E-state index in [0.717, 1.165) is 30.4 Å². The van der Waals surface area contributed by atoms with Crippen LogP contribution >= 0.6 is 11.8 Å². The highest BCUT2D eigenvalue weighted by atomic mass is 32.2. The summed E-state index contributed by atoms with van der Waals surface area (Å²) in [6, 6.07) is 15.9. The van der Waals surface area contributed by atoms with Crippen LogP contribution in [-0.4, -0.2) is 27.4 Å². The third-order valence-electron chi connectivity index (χ3n) is 4.24. The third-order valence-corrected chi connectivity index (χ3v) is 5.48. The summed E-state index contributed by atoms with van der Waals surface area (Å²) in [5, 5.41) is 8.94. The molecule has 1 amide bonds. The highest BCUT2D eigenvalue weighted by Gasteiger charge is 2.37. The molecule has 1 fully saturated rings. The number of amidine groups is 1. The number of nitrogens with zero attached hydrogens (tertiary/aromatic N) is 3. The van der Waals surface area contributed by atoms with Crippen LogP contribution in [0.1, 0.15) is 37.3 Å². The molecule has 140 valence electrons. The van der Waals surface area contributed by atoms with Crippen molar-refractivity contribution in [3.8, 4) is 0 Å². The van der Waals surface area contributed by atoms with Gasteiger partial charge in [0.15, 0.2) is 5.17 Å². The van der Waals surface area contributed by atoms with Gasteiger partial charge in [-0.15, -0.1) is 5.10 Å². The molecule has 0 aromatic heterocycles. The molecule has 3 rings (SSSR count). The Morgan fingerprint density at radius 3 is 2.59 bits per heavy atom. The fourth-order valence-electron chi connectivity index (χ4n) is 2.76. The summed E-state index contributed by atoms with van der Waals surface area (Å²) in [4.78, 5) is 14.5. The van der Waals surface area contributed by atoms with Gasteiger partial charge in [-0.25, -0.2) is 4.39 Å². The number of thioether (sulfide) groups is 1. The lowest BCUT2D eigenvalue weighted by Gasteiger charge is -2.15. The number of benzene rings is 2. The molecule has 1 atom stereocenters. The molecular formula is C21H22FN3OS. The maximum Gasteiger partial charge on any atom is 0.242 e. The number of hydrogen-bond acceptors (Lipinski definition) is 4. The summed E-state index contributed by atoms with van der Waals surface area (Å²) in [5.74, 6) is -0.241. The molecule has 0 unspecified atom stereocenters. The van der Waals surface area contributed by atoms with E-state index in [-0.39, 0.29) is 17.0 Å². The molecule has 0 saturated carbocycles. The van der Waals surface area contributed by atoms with Crippen molar-refractivity contribution in [1.29, 1.82) is 0 Å². The Morgan fingerprint density at radius 2 is 1.89 bits per heavy atom. The minimum atomic E-state index is -0.289. The van der Waals surface area contributed by atoms with Gasteiger partial charge in [0, 0.05) is 0 Å². The van der Waals surface area contributed by atoms with Gasteiger partial charge in [-0.1, -0.05) is 74.0 Å². The lowest BCUT2D eigenvalue weighted by atomic mass is 10.1. The Bertz CT molecular complexity index is 821. The minimum absolute atomic E-state index is 0.0476. The fourth-order valence-corrected chi connectivity index (χ4v) is 3.90. The van der Waals surface area contributed by atoms with E-state index in [4.69, 9.17) is 0 Å². The van der Waals surface area contributed by atoms with E-state index in [1.165, 1.54) is 23.9 Å². The normalized spacial score (nSPS) is 18.7. The van der Waals surface area contributed by atoms with E-state index >= 15 is 0 Å². The average Bonchev–Trinajstić information content (AvgIpc) is 2.98. The zero-order chi connectivity index (χ0) is 19.1. The van der Waals surface area contributed by atoms with Crippen LogP contribution < -0.4 is 0 Å². The van der Waals surface area contributed by atoms with Crippen molar-refractivity contribution in [2.75, 3.05) is 0 Å². The molecule has 0 spiro atoms. The van der Waals surface area contributed by atoms with Crippen molar-refractivity contribution >= 4 is 29.1 Å². The van der Waals surface area contributed by atoms with Gasteiger partial charge in [0.25, 0.3) is 0 Å². The van der Waals surface area contributed by atoms with Gasteiger partial charge in [0.1, 0.15) is 5.82 Å². The summed E-state index contributed by atoms with van der Waals surface area (Å²) < 4.78 is 13.2. The summed E-state index contributed by atoms with van der Waals surface area (Å²) in [7, 11) is 0. The van der Waals surface area contributed by atoms with Crippen LogP contribution in [0, 0.1) is 5.82 Å². The molecule has 27 heavy (non-hydrogen) atoms. The Labute approximate surface area is 163 Å². The standard InChI is InChI=1S/C21H22FN3OS/c1-2-3-9-19-20(26)25(15-17-10-12-18(22)13-11-17)21(27-19)24-23-14-16-7-5-4-6-8-16/h4-8,10-14,19H,2-3,9,15H2,1H3/b23-14-,24-21+/t19-/m1/s1. The van der Waals surface area contributed by atoms with Gasteiger partial charge in [0.2, 0.25) is 5.91 Å². The van der Waals surface area contributed by atoms with E-state index in [0.29, 0.717) is 11.7 Å². The molecule has 2 aromatic carbocycles. The maximum atomic E-state index is 13.2. The molecule has 1 heterocycles. The first-order chi connectivity index (χ1) is 13.2. The monoisotopic (exact) mass is 383 g/mol. The van der Waals surface area contributed by atoms with Crippen LogP contribution in [0.15, 0.2) is 64.8 Å². The number of unbranched alkanes of at least 4 members (excludes halogenated alkanes) is 1. The Morgan fingerprint density at radius 1 is 1.15 bits per heavy atom. The molecular weight excluding hydrogens is 361 g/mol. The van der Waals surface area contributed by atoms with Crippen molar-refractivity contribution < 1.29 is 9.18 Å². The molecule has 0 radical (unpaired) electrons. The van der Waals surface area contributed by atoms with Crippen LogP contribution in [0.3, 0.4) is 0 Å². The SMILES string of the molecule is CCCC[C@H]1S/C(=N/N=C\c2ccccc2)N(Cc2ccc(F)cc2)C1=O. The molecule has 1 saturated heterocycles. The molecule has 0 bridgehead atoms. The summed E-state index contributed by atoms with van der Waals surface area (Å²) in [6.07, 6.45) is 4.53. The van der Waals surface area contributed by atoms with Gasteiger partial charge in [0.05, 0.1) is 18.0 Å². The van der Waals surface area contributed by atoms with E-state index in [2.05, 4.69) is 17.1 Å². The van der Waals surface area contributed by atoms with Crippen LogP contribution in [-0.2, 0) is 11.3 Å². The quantitative estimate of drug-likeness (QED) is 0.507. The van der Waals surface area contributed by atoms with Gasteiger partial charge < -0.3 is 0 Å². The van der Waals surface area contributed by atoms with Crippen molar-refractivity contribution in [2.45, 2.75) is 38.0 Å². The first-order valence-electron chi connectivity index (χ1n) is 9.06. The average molecular weight is 383 g/mol. The van der Waals surface area contributed by atoms with Crippen LogP contribution in [0.25, 0.3) is 0 Å². The van der Waals surface area contributed by atoms with Gasteiger partial charge in [-0.05, 0) is 29.7 Å². The molecule has 0 aliphatic carbocycles. The smallest absolute Gasteiger partial charge is 0.242 e. The Kier molecular flexibility index (Phi) is 6.76. The number of carbonyl (C=O) groups is 1. The fraction of sp³-hybridized carbons (Fsp3) is 0.286. The highest BCUT2D eigenvalue weighted by molar-refractivity contribution is 8.15. The van der Waals surface area contributed by atoms with Crippen molar-refractivity contribution in [1.82, 2.24) is 4.90 Å². The first kappa shape index (κ1) is 19.3. The van der Waals surface area contributed by atoms with E-state index in [9.17, 15) is 9.18 Å². The molecule has 0 N–H and O–H groups in total. The number of hydrogen-bond donors (Lipinski definition) is 0. The van der Waals surface area contributed by atoms with Crippen molar-refractivity contribution in [2.24, 2.45) is 10.2 Å². The predicted molar refractivity (Wildman–Crippen MR) is 109 cm³/mol. The van der Waals surface area contributed by atoms with Gasteiger partial charge in [-0.3, -0.25) is 9.69 Å². The second-order valence-corrected chi connectivity index (χ2v) is 7.51. The van der Waals surface area contributed by atoms with E-state index in [1.807, 2.05) is 30.3 Å². The third kappa shape index (κ3) is 5.26. The number of rotatable bonds is 7. The first-order valence-corrected chi connectivity index (χ1v) is 9.94. The van der Waals surface area contributed by atoms with Crippen molar-refractivity contribution in [3.63, 3.8) is 0 Å². The molecule has 1 aliphatic heterocycles. The second-order valence-electron chi connectivity index (χ2n) is 6.34. The Hall–Kier alpha value is -2.47. The van der Waals surface area contributed by atoms with Gasteiger partial charge in [-0.2, -0.15) is 5.10 Å². The zero-order valence-electron chi connectivity index (χ0n) is 15.2. The van der Waals surface area contributed by atoms with Crippen LogP contribution in [0.2, 0.25) is 0 Å². The lowest BCUT2D eigenvalue weighted by molar-refractivity contribution is -0.126. The van der Waals surface area contributed by atoms with E-state index in [1.54, 1.807) is 23.2 Å². The maximum absolute atomic E-state index is 13.2. The number of amides is 1. The topological polar surface area (TPSA) is 45.0 Å². The second kappa shape index (κ2) is 9.46. The van der Waals surface area contributed by atoms with Gasteiger partial charge >= 0.3 is 0 Å². The largest absolute Gasteiger partial charge is 0.284 e. The summed E-state index contributed by atoms with van der Waals surface area (Å²) in [5.41, 5.74) is 1.81. The highest BCUT2D eigenvalue weighted by Crippen LogP contribution is 2.32. The molecule has 1 aliphatic rings. The molecule has 2 aromatic rings. The predicted octanol–water partition coefficient (Wildman–Crippen LogP) is 4.85. The van der Waals surface area contributed by atoms with E-state index < -0.39 is 0 Å². The van der Waals surface area contributed by atoms with Crippen molar-refractivity contribution in [3.05, 3.63) is 71.5 Å². The number of carbonyl (C=O) groups excluding carboxylic acids is 1. The Balaban J connectivity index is 1.78. The zero-order valence-corrected chi connectivity index (χ0v) is 16.0. The summed E-state index contributed by atoms with van der Waals surface area (Å²) in [6.45, 7) is 2.48. The van der Waals surface area contributed by atoms with Crippen LogP contribution in [0.4, 0.5) is 4.39 Å². The number of halogens is 1. The minimum Gasteiger partial charge on any atom is -0.284 e.